The van der Waals surface area contributed by atoms with Crippen LogP contribution in [0, 0.1) is 21.7 Å². The van der Waals surface area contributed by atoms with E-state index < -0.39 is 10.7 Å². The van der Waals surface area contributed by atoms with Gasteiger partial charge in [-0.3, -0.25) is 10.1 Å². The number of benzene rings is 2. The van der Waals surface area contributed by atoms with Crippen LogP contribution in [0.15, 0.2) is 42.5 Å². The number of nitrogens with one attached hydrogen (secondary N) is 1. The average Bonchev–Trinajstić information content (AvgIpc) is 2.44. The maximum absolute atomic E-state index is 13.3. The van der Waals surface area contributed by atoms with Crippen molar-refractivity contribution < 1.29 is 13.7 Å². The van der Waals surface area contributed by atoms with Crippen LogP contribution in [0.25, 0.3) is 0 Å². The third-order valence-electron chi connectivity index (χ3n) is 3.11. The molecule has 0 saturated heterocycles. The van der Waals surface area contributed by atoms with Gasteiger partial charge in [0.15, 0.2) is 0 Å². The van der Waals surface area contributed by atoms with Crippen LogP contribution in [-0.4, -0.2) is 4.92 Å². The van der Waals surface area contributed by atoms with E-state index >= 15 is 0 Å². The minimum Gasteiger partial charge on any atom is -0.306 e. The number of nitro benzene ring substituents is 1. The van der Waals surface area contributed by atoms with E-state index in [1.165, 1.54) is 24.3 Å². The SMILES string of the molecule is C[C@H](NCc1cc(F)cc([N+](=O)[O-])c1)c1cccc(F)c1. The second-order valence-electron chi connectivity index (χ2n) is 4.73. The van der Waals surface area contributed by atoms with Crippen molar-refractivity contribution in [2.45, 2.75) is 19.5 Å². The second kappa shape index (κ2) is 6.41. The summed E-state index contributed by atoms with van der Waals surface area (Å²) < 4.78 is 26.4. The fourth-order valence-corrected chi connectivity index (χ4v) is 2.01. The van der Waals surface area contributed by atoms with E-state index in [-0.39, 0.29) is 24.1 Å². The van der Waals surface area contributed by atoms with Crippen LogP contribution in [0.4, 0.5) is 14.5 Å². The van der Waals surface area contributed by atoms with Crippen LogP contribution < -0.4 is 5.32 Å². The first kappa shape index (κ1) is 15.1. The third kappa shape index (κ3) is 4.06. The number of halogens is 2. The van der Waals surface area contributed by atoms with E-state index in [0.29, 0.717) is 5.56 Å². The van der Waals surface area contributed by atoms with Crippen molar-refractivity contribution in [2.24, 2.45) is 0 Å². The molecule has 0 fully saturated rings. The molecule has 2 aromatic carbocycles. The molecule has 2 rings (SSSR count). The number of rotatable bonds is 5. The molecule has 1 atom stereocenters. The predicted octanol–water partition coefficient (Wildman–Crippen LogP) is 3.72. The van der Waals surface area contributed by atoms with Crippen molar-refractivity contribution in [3.8, 4) is 0 Å². The van der Waals surface area contributed by atoms with Gasteiger partial charge in [0.1, 0.15) is 11.6 Å². The molecule has 6 heteroatoms. The fourth-order valence-electron chi connectivity index (χ4n) is 2.01. The Morgan fingerprint density at radius 3 is 2.62 bits per heavy atom. The second-order valence-corrected chi connectivity index (χ2v) is 4.73. The van der Waals surface area contributed by atoms with E-state index in [1.807, 2.05) is 6.92 Å². The number of hydrogen-bond donors (Lipinski definition) is 1. The Kier molecular flexibility index (Phi) is 4.59. The number of nitrogens with zero attached hydrogens (tertiary/aromatic N) is 1. The zero-order valence-electron chi connectivity index (χ0n) is 11.3. The minimum atomic E-state index is -0.653. The Balaban J connectivity index is 2.07. The molecule has 0 aliphatic rings. The van der Waals surface area contributed by atoms with Gasteiger partial charge in [-0.1, -0.05) is 12.1 Å². The molecule has 0 saturated carbocycles. The Morgan fingerprint density at radius 2 is 1.95 bits per heavy atom. The molecule has 0 amide bonds. The Morgan fingerprint density at radius 1 is 1.19 bits per heavy atom. The summed E-state index contributed by atoms with van der Waals surface area (Å²) in [6.07, 6.45) is 0. The maximum atomic E-state index is 13.3. The van der Waals surface area contributed by atoms with Gasteiger partial charge >= 0.3 is 0 Å². The summed E-state index contributed by atoms with van der Waals surface area (Å²) in [4.78, 5) is 10.0. The third-order valence-corrected chi connectivity index (χ3v) is 3.11. The average molecular weight is 292 g/mol. The van der Waals surface area contributed by atoms with E-state index in [0.717, 1.165) is 11.6 Å². The molecule has 110 valence electrons. The van der Waals surface area contributed by atoms with Crippen LogP contribution in [0.1, 0.15) is 24.1 Å². The molecule has 21 heavy (non-hydrogen) atoms. The smallest absolute Gasteiger partial charge is 0.272 e. The van der Waals surface area contributed by atoms with Crippen LogP contribution in [0.2, 0.25) is 0 Å². The first-order valence-electron chi connectivity index (χ1n) is 6.38. The minimum absolute atomic E-state index is 0.164. The molecular formula is C15H14F2N2O2. The van der Waals surface area contributed by atoms with Gasteiger partial charge in [-0.15, -0.1) is 0 Å². The summed E-state index contributed by atoms with van der Waals surface area (Å²) in [6, 6.07) is 9.40. The molecule has 0 radical (unpaired) electrons. The fraction of sp³-hybridized carbons (Fsp3) is 0.200. The molecule has 1 N–H and O–H groups in total. The van der Waals surface area contributed by atoms with Crippen molar-refractivity contribution in [3.05, 3.63) is 75.3 Å². The van der Waals surface area contributed by atoms with E-state index in [2.05, 4.69) is 5.32 Å². The molecule has 0 bridgehead atoms. The van der Waals surface area contributed by atoms with Gasteiger partial charge < -0.3 is 5.32 Å². The zero-order valence-corrected chi connectivity index (χ0v) is 11.3. The van der Waals surface area contributed by atoms with Crippen molar-refractivity contribution in [1.29, 1.82) is 0 Å². The van der Waals surface area contributed by atoms with E-state index in [9.17, 15) is 18.9 Å². The first-order valence-corrected chi connectivity index (χ1v) is 6.38. The highest BCUT2D eigenvalue weighted by Crippen LogP contribution is 2.18. The van der Waals surface area contributed by atoms with Crippen molar-refractivity contribution >= 4 is 5.69 Å². The molecule has 0 aromatic heterocycles. The lowest BCUT2D eigenvalue weighted by Crippen LogP contribution is -2.18. The molecule has 0 aliphatic carbocycles. The highest BCUT2D eigenvalue weighted by Gasteiger charge is 2.11. The number of hydrogen-bond acceptors (Lipinski definition) is 3. The standard InChI is InChI=1S/C15H14F2N2O2/c1-10(12-3-2-4-13(16)7-12)18-9-11-5-14(17)8-15(6-11)19(20)21/h2-8,10,18H,9H2,1H3/t10-/m0/s1. The van der Waals surface area contributed by atoms with E-state index in [4.69, 9.17) is 0 Å². The van der Waals surface area contributed by atoms with Crippen LogP contribution in [-0.2, 0) is 6.54 Å². The van der Waals surface area contributed by atoms with E-state index in [1.54, 1.807) is 12.1 Å². The van der Waals surface area contributed by atoms with Gasteiger partial charge in [-0.05, 0) is 36.2 Å². The van der Waals surface area contributed by atoms with Gasteiger partial charge in [0.05, 0.1) is 11.0 Å². The summed E-state index contributed by atoms with van der Waals surface area (Å²) in [5.74, 6) is -0.984. The largest absolute Gasteiger partial charge is 0.306 e. The molecule has 2 aromatic rings. The lowest BCUT2D eigenvalue weighted by atomic mass is 10.1. The van der Waals surface area contributed by atoms with Gasteiger partial charge in [-0.2, -0.15) is 0 Å². The van der Waals surface area contributed by atoms with Crippen molar-refractivity contribution in [2.75, 3.05) is 0 Å². The molecule has 0 aliphatic heterocycles. The van der Waals surface area contributed by atoms with Crippen LogP contribution >= 0.6 is 0 Å². The Hall–Kier alpha value is -2.34. The monoisotopic (exact) mass is 292 g/mol. The zero-order chi connectivity index (χ0) is 15.4. The molecule has 0 unspecified atom stereocenters. The topological polar surface area (TPSA) is 55.2 Å². The van der Waals surface area contributed by atoms with Crippen molar-refractivity contribution in [3.63, 3.8) is 0 Å². The normalized spacial score (nSPS) is 12.1. The lowest BCUT2D eigenvalue weighted by Gasteiger charge is -2.14. The summed E-state index contributed by atoms with van der Waals surface area (Å²) in [5.41, 5.74) is 0.927. The quantitative estimate of drug-likeness (QED) is 0.675. The van der Waals surface area contributed by atoms with Crippen molar-refractivity contribution in [1.82, 2.24) is 5.32 Å². The molecular weight excluding hydrogens is 278 g/mol. The summed E-state index contributed by atoms with van der Waals surface area (Å²) in [5, 5.41) is 13.8. The van der Waals surface area contributed by atoms with Crippen LogP contribution in [0.5, 0.6) is 0 Å². The summed E-state index contributed by atoms with van der Waals surface area (Å²) in [7, 11) is 0. The van der Waals surface area contributed by atoms with Gasteiger partial charge in [0.25, 0.3) is 5.69 Å². The predicted molar refractivity (Wildman–Crippen MR) is 74.7 cm³/mol. The van der Waals surface area contributed by atoms with Gasteiger partial charge in [-0.25, -0.2) is 8.78 Å². The lowest BCUT2D eigenvalue weighted by molar-refractivity contribution is -0.385. The highest BCUT2D eigenvalue weighted by molar-refractivity contribution is 5.35. The number of nitro groups is 1. The molecule has 0 heterocycles. The maximum Gasteiger partial charge on any atom is 0.272 e. The van der Waals surface area contributed by atoms with Gasteiger partial charge in [0.2, 0.25) is 0 Å². The molecule has 0 spiro atoms. The summed E-state index contributed by atoms with van der Waals surface area (Å²) >= 11 is 0. The molecule has 4 nitrogen and oxygen atoms in total. The van der Waals surface area contributed by atoms with Crippen LogP contribution in [0.3, 0.4) is 0 Å². The number of non-ortho nitro benzene ring substituents is 1. The first-order chi connectivity index (χ1) is 9.95. The van der Waals surface area contributed by atoms with Gasteiger partial charge in [0, 0.05) is 18.7 Å². The summed E-state index contributed by atoms with van der Waals surface area (Å²) in [6.45, 7) is 2.08. The Bertz CT molecular complexity index is 662. The highest BCUT2D eigenvalue weighted by atomic mass is 19.1. The Labute approximate surface area is 120 Å².